The van der Waals surface area contributed by atoms with E-state index in [2.05, 4.69) is 58.9 Å². The Kier molecular flexibility index (Phi) is 277. The van der Waals surface area contributed by atoms with Crippen molar-refractivity contribution >= 4 is 488 Å². The van der Waals surface area contributed by atoms with Crippen LogP contribution in [0.4, 0.5) is 0 Å². The zero-order chi connectivity index (χ0) is 25.1. The standard InChI is InChI=1S/C9H27AsSi3.4CH4.3AsH3.ClH.7K.7Na/c1-11(2,3)10(12(4,5)6)13(7,8)9;;;;;;;;;;;;;;;;;;;;;;/h1-9H3;4*1H4;3*1H3;1H;;;;;;;;;;;;;;. The second-order valence-electron chi connectivity index (χ2n) is 6.85. The number of halogens is 1. The van der Waals surface area contributed by atoms with Gasteiger partial charge in [-0.05, 0) is 0 Å². The summed E-state index contributed by atoms with van der Waals surface area (Å²) in [6.07, 6.45) is 0. The van der Waals surface area contributed by atoms with E-state index in [0.29, 0.717) is 0 Å². The van der Waals surface area contributed by atoms with Gasteiger partial charge in [-0.1, -0.05) is 29.7 Å². The van der Waals surface area contributed by atoms with E-state index in [1.807, 2.05) is 0 Å². The van der Waals surface area contributed by atoms with Crippen LogP contribution in [0.5, 0.6) is 0 Å². The predicted molar refractivity (Wildman–Crippen MR) is 220 cm³/mol. The van der Waals surface area contributed by atoms with Crippen molar-refractivity contribution in [1.29, 1.82) is 0 Å². The molecule has 0 rings (SSSR count). The molecule has 0 aliphatic carbocycles. The molecule has 22 heteroatoms. The van der Waals surface area contributed by atoms with Gasteiger partial charge in [0.1, 0.15) is 0 Å². The van der Waals surface area contributed by atoms with E-state index < -0.39 is 32.3 Å². The zero-order valence-electron chi connectivity index (χ0n) is 27.5. The molecule has 0 nitrogen and oxygen atoms in total. The molecule has 0 amide bonds. The first kappa shape index (κ1) is 106. The molecule has 0 aromatic heterocycles. The summed E-state index contributed by atoms with van der Waals surface area (Å²) in [6.45, 7) is 21.3. The average Bonchev–Trinajstić information content (AvgIpc) is 2.63. The Labute approximate surface area is 550 Å². The molecule has 0 aliphatic heterocycles. The van der Waals surface area contributed by atoms with Crippen molar-refractivity contribution in [3.8, 4) is 0 Å². The maximum atomic E-state index is 2.63. The molecule has 0 aliphatic rings. The van der Waals surface area contributed by atoms with Crippen LogP contribution < -0.4 is 0 Å². The maximum absolute atomic E-state index is 2.63. The Balaban J connectivity index is -0.0000000103. The van der Waals surface area contributed by atoms with E-state index in [-0.39, 0.29) is 96.0 Å². The summed E-state index contributed by atoms with van der Waals surface area (Å²) in [4.78, 5) is 0. The van der Waals surface area contributed by atoms with Crippen molar-refractivity contribution in [2.24, 2.45) is 0 Å². The van der Waals surface area contributed by atoms with Gasteiger partial charge < -0.3 is 0 Å². The molecule has 3 unspecified atom stereocenters. The summed E-state index contributed by atoms with van der Waals surface area (Å²) in [5, 5.41) is 0. The Morgan fingerprint density at radius 3 is 0.400 bits per heavy atom. The Bertz CT molecular complexity index is 202. The van der Waals surface area contributed by atoms with E-state index in [1.54, 1.807) is 0 Å². The molecule has 0 radical (unpaired) electrons. The Morgan fingerprint density at radius 1 is 0.343 bits per heavy atom. The predicted octanol–water partition coefficient (Wildman–Crippen LogP) is -2.19. The molecule has 0 heterocycles. The van der Waals surface area contributed by atoms with Crippen molar-refractivity contribution in [2.75, 3.05) is 0 Å². The molecule has 0 saturated carbocycles. The van der Waals surface area contributed by atoms with Crippen LogP contribution in [0, 0.1) is 0 Å². The fourth-order valence-corrected chi connectivity index (χ4v) is 141. The molecule has 0 spiro atoms. The first-order chi connectivity index (χ1) is 12.4. The third-order valence-corrected chi connectivity index (χ3v) is 94.1. The fraction of sp³-hybridized carbons (Fsp3) is 1.00. The first-order valence-electron chi connectivity index (χ1n) is 12.2. The molecule has 35 heavy (non-hydrogen) atoms. The van der Waals surface area contributed by atoms with Crippen molar-refractivity contribution in [3.05, 3.63) is 0 Å². The van der Waals surface area contributed by atoms with Gasteiger partial charge in [-0.25, -0.2) is 0 Å². The summed E-state index contributed by atoms with van der Waals surface area (Å²) in [5.41, 5.74) is 0. The van der Waals surface area contributed by atoms with Crippen molar-refractivity contribution in [2.45, 2.75) is 88.6 Å². The Hall–Kier alpha value is 21.6. The number of hydrogen-bond donors (Lipinski definition) is 0. The molecular weight excluding hydrogens is 1010 g/mol. The summed E-state index contributed by atoms with van der Waals surface area (Å²) in [7, 11) is 0. The molecular formula is C13H53As4ClK7Na7Si3. The van der Waals surface area contributed by atoms with Gasteiger partial charge in [0, 0.05) is 0 Å². The third-order valence-electron chi connectivity index (χ3n) is 2.01. The second kappa shape index (κ2) is 91.4. The topological polar surface area (TPSA) is 0 Å². The first-order valence-corrected chi connectivity index (χ1v) is 111. The monoisotopic (exact) mass is 1060 g/mol. The van der Waals surface area contributed by atoms with Crippen LogP contribution in [-0.4, -0.2) is 476 Å². The van der Waals surface area contributed by atoms with Gasteiger partial charge in [-0.3, -0.25) is 0 Å². The van der Waals surface area contributed by atoms with Crippen LogP contribution in [0.25, 0.3) is 0 Å². The van der Waals surface area contributed by atoms with Gasteiger partial charge >= 0.3 is 535 Å². The van der Waals surface area contributed by atoms with Crippen LogP contribution in [0.1, 0.15) is 29.7 Å². The molecule has 0 bridgehead atoms. The third kappa shape index (κ3) is 102. The SMILES string of the molecule is C.C.C.C.C[Si](C)(C)[As]([Si](C)(C)C)[Si](C)(C)C.Cl.[AsH3].[AsH3].[AsH3].[Na][K].[Na][K].[Na][K].[Na][K].[Na][K].[Na][K].[Na][K]. The Morgan fingerprint density at radius 2 is 0.400 bits per heavy atom. The normalized spacial score (nSPS) is 7.26. The van der Waals surface area contributed by atoms with E-state index in [4.69, 9.17) is 0 Å². The van der Waals surface area contributed by atoms with Crippen LogP contribution >= 0.6 is 12.4 Å². The zero-order valence-corrected chi connectivity index (χ0v) is 77.9. The van der Waals surface area contributed by atoms with Crippen LogP contribution in [-0.2, 0) is 0 Å². The van der Waals surface area contributed by atoms with Gasteiger partial charge in [0.25, 0.3) is 0 Å². The minimum atomic E-state index is -0.788. The average molecular weight is 1060 g/mol. The molecule has 0 fully saturated rings. The minimum absolute atomic E-state index is 0. The number of rotatable bonds is 3. The van der Waals surface area contributed by atoms with Gasteiger partial charge in [0.05, 0.1) is 0 Å². The van der Waals surface area contributed by atoms with E-state index in [9.17, 15) is 0 Å². The van der Waals surface area contributed by atoms with Crippen LogP contribution in [0.3, 0.4) is 0 Å². The van der Waals surface area contributed by atoms with Gasteiger partial charge in [0.2, 0.25) is 0 Å². The summed E-state index contributed by atoms with van der Waals surface area (Å²) in [5.74, 6) is 0. The quantitative estimate of drug-likeness (QED) is 0.283. The summed E-state index contributed by atoms with van der Waals surface area (Å²) < 4.78 is 0. The molecule has 0 aromatic rings. The van der Waals surface area contributed by atoms with E-state index >= 15 is 0 Å². The van der Waals surface area contributed by atoms with E-state index in [0.717, 1.165) is 0 Å². The fourth-order valence-electron chi connectivity index (χ4n) is 3.02. The summed E-state index contributed by atoms with van der Waals surface area (Å²) >= 11 is 18.4. The van der Waals surface area contributed by atoms with Crippen molar-refractivity contribution in [3.63, 3.8) is 0 Å². The van der Waals surface area contributed by atoms with Gasteiger partial charge in [-0.15, -0.1) is 12.4 Å². The number of hydrogen-bond acceptors (Lipinski definition) is 0. The van der Waals surface area contributed by atoms with E-state index in [1.165, 1.54) is 390 Å². The van der Waals surface area contributed by atoms with Crippen LogP contribution in [0.2, 0.25) is 58.9 Å². The van der Waals surface area contributed by atoms with Gasteiger partial charge in [0.15, 0.2) is 0 Å². The van der Waals surface area contributed by atoms with Crippen LogP contribution in [0.15, 0.2) is 0 Å². The van der Waals surface area contributed by atoms with Crippen molar-refractivity contribution < 1.29 is 0 Å². The molecule has 158 valence electrons. The molecule has 0 saturated heterocycles. The van der Waals surface area contributed by atoms with Gasteiger partial charge in [-0.2, -0.15) is 0 Å². The van der Waals surface area contributed by atoms with Crippen molar-refractivity contribution in [1.82, 2.24) is 0 Å². The second-order valence-corrected chi connectivity index (χ2v) is 60.6. The molecule has 0 N–H and O–H groups in total. The molecule has 0 aromatic carbocycles. The summed E-state index contributed by atoms with van der Waals surface area (Å²) in [6, 6.07) is 0. The molecule has 3 atom stereocenters.